The van der Waals surface area contributed by atoms with E-state index in [0.29, 0.717) is 13.1 Å². The molecule has 184 valence electrons. The fourth-order valence-electron chi connectivity index (χ4n) is 4.29. The minimum Gasteiger partial charge on any atom is -0.508 e. The molecule has 1 aromatic rings. The summed E-state index contributed by atoms with van der Waals surface area (Å²) in [6.45, 7) is 3.49. The van der Waals surface area contributed by atoms with Gasteiger partial charge in [0.15, 0.2) is 0 Å². The predicted octanol–water partition coefficient (Wildman–Crippen LogP) is 8.31. The third-order valence-electron chi connectivity index (χ3n) is 6.40. The Bertz CT molecular complexity index is 559. The number of primary amides is 1. The molecule has 0 fully saturated rings. The lowest BCUT2D eigenvalue weighted by Crippen LogP contribution is -2.35. The van der Waals surface area contributed by atoms with E-state index >= 15 is 0 Å². The SMILES string of the molecule is CCCCCCCCCCCCCCCCCCCCN(Cc1ccc(O)cc1)C(N)=O. The van der Waals surface area contributed by atoms with Crippen LogP contribution in [0.1, 0.15) is 128 Å². The number of carbonyl (C=O) groups excluding carboxylic acids is 1. The Balaban J connectivity index is 1.87. The number of amides is 2. The van der Waals surface area contributed by atoms with Crippen LogP contribution >= 0.6 is 0 Å². The lowest BCUT2D eigenvalue weighted by Gasteiger charge is -2.20. The third-order valence-corrected chi connectivity index (χ3v) is 6.40. The molecule has 4 heteroatoms. The van der Waals surface area contributed by atoms with Crippen LogP contribution in [-0.4, -0.2) is 22.6 Å². The summed E-state index contributed by atoms with van der Waals surface area (Å²) in [5, 5.41) is 9.37. The molecule has 3 N–H and O–H groups in total. The highest BCUT2D eigenvalue weighted by atomic mass is 16.3. The van der Waals surface area contributed by atoms with E-state index in [1.807, 2.05) is 12.1 Å². The minimum atomic E-state index is -0.370. The topological polar surface area (TPSA) is 66.6 Å². The van der Waals surface area contributed by atoms with Crippen molar-refractivity contribution in [3.8, 4) is 5.75 Å². The van der Waals surface area contributed by atoms with E-state index in [2.05, 4.69) is 6.92 Å². The number of hydrogen-bond acceptors (Lipinski definition) is 2. The number of phenols is 1. The summed E-state index contributed by atoms with van der Waals surface area (Å²) in [6, 6.07) is 6.59. The van der Waals surface area contributed by atoms with E-state index in [4.69, 9.17) is 5.73 Å². The smallest absolute Gasteiger partial charge is 0.315 e. The normalized spacial score (nSPS) is 11.0. The molecule has 0 atom stereocenters. The van der Waals surface area contributed by atoms with Gasteiger partial charge in [-0.2, -0.15) is 0 Å². The largest absolute Gasteiger partial charge is 0.508 e. The van der Waals surface area contributed by atoms with Crippen LogP contribution in [0.4, 0.5) is 4.79 Å². The van der Waals surface area contributed by atoms with Gasteiger partial charge < -0.3 is 15.7 Å². The zero-order valence-electron chi connectivity index (χ0n) is 20.8. The number of aromatic hydroxyl groups is 1. The number of rotatable bonds is 21. The molecule has 0 bridgehead atoms. The van der Waals surface area contributed by atoms with Crippen LogP contribution in [0, 0.1) is 0 Å². The molecule has 0 radical (unpaired) electrons. The summed E-state index contributed by atoms with van der Waals surface area (Å²) >= 11 is 0. The van der Waals surface area contributed by atoms with E-state index in [9.17, 15) is 9.90 Å². The number of nitrogens with two attached hydrogens (primary N) is 1. The molecule has 32 heavy (non-hydrogen) atoms. The lowest BCUT2D eigenvalue weighted by atomic mass is 10.0. The average molecular weight is 447 g/mol. The number of nitrogens with zero attached hydrogens (tertiary/aromatic N) is 1. The third kappa shape index (κ3) is 16.0. The van der Waals surface area contributed by atoms with Crippen molar-refractivity contribution in [3.05, 3.63) is 29.8 Å². The molecule has 0 unspecified atom stereocenters. The van der Waals surface area contributed by atoms with Gasteiger partial charge in [0.2, 0.25) is 0 Å². The molecule has 4 nitrogen and oxygen atoms in total. The number of phenolic OH excluding ortho intramolecular Hbond substituents is 1. The van der Waals surface area contributed by atoms with Gasteiger partial charge in [0.1, 0.15) is 5.75 Å². The zero-order chi connectivity index (χ0) is 23.3. The second kappa shape index (κ2) is 19.9. The highest BCUT2D eigenvalue weighted by Crippen LogP contribution is 2.15. The van der Waals surface area contributed by atoms with E-state index in [1.165, 1.54) is 103 Å². The van der Waals surface area contributed by atoms with Gasteiger partial charge in [-0.05, 0) is 24.1 Å². The molecule has 0 spiro atoms. The second-order valence-electron chi connectivity index (χ2n) is 9.44. The Morgan fingerprint density at radius 3 is 1.44 bits per heavy atom. The first-order valence-corrected chi connectivity index (χ1v) is 13.5. The molecule has 0 aromatic heterocycles. The number of unbranched alkanes of at least 4 members (excludes halogenated alkanes) is 17. The van der Waals surface area contributed by atoms with Crippen molar-refractivity contribution < 1.29 is 9.90 Å². The van der Waals surface area contributed by atoms with Gasteiger partial charge >= 0.3 is 6.03 Å². The molecule has 0 heterocycles. The lowest BCUT2D eigenvalue weighted by molar-refractivity contribution is 0.203. The maximum Gasteiger partial charge on any atom is 0.315 e. The number of urea groups is 1. The van der Waals surface area contributed by atoms with Crippen molar-refractivity contribution in [2.24, 2.45) is 5.73 Å². The number of hydrogen-bond donors (Lipinski definition) is 2. The van der Waals surface area contributed by atoms with Gasteiger partial charge in [0, 0.05) is 13.1 Å². The molecule has 0 aliphatic heterocycles. The van der Waals surface area contributed by atoms with Crippen LogP contribution in [0.3, 0.4) is 0 Å². The maximum absolute atomic E-state index is 11.7. The summed E-state index contributed by atoms with van der Waals surface area (Å²) < 4.78 is 0. The zero-order valence-corrected chi connectivity index (χ0v) is 20.8. The van der Waals surface area contributed by atoms with Gasteiger partial charge in [-0.1, -0.05) is 128 Å². The van der Waals surface area contributed by atoms with Crippen molar-refractivity contribution >= 4 is 6.03 Å². The van der Waals surface area contributed by atoms with Crippen molar-refractivity contribution in [3.63, 3.8) is 0 Å². The monoisotopic (exact) mass is 446 g/mol. The quantitative estimate of drug-likeness (QED) is 0.186. The van der Waals surface area contributed by atoms with Crippen LogP contribution < -0.4 is 5.73 Å². The Morgan fingerprint density at radius 2 is 1.06 bits per heavy atom. The van der Waals surface area contributed by atoms with E-state index < -0.39 is 0 Å². The second-order valence-corrected chi connectivity index (χ2v) is 9.44. The first-order valence-electron chi connectivity index (χ1n) is 13.5. The molecule has 0 saturated heterocycles. The fraction of sp³-hybridized carbons (Fsp3) is 0.750. The molecular formula is C28H50N2O2. The van der Waals surface area contributed by atoms with E-state index in [0.717, 1.165) is 18.4 Å². The highest BCUT2D eigenvalue weighted by Gasteiger charge is 2.10. The summed E-state index contributed by atoms with van der Waals surface area (Å²) in [6.07, 6.45) is 24.4. The van der Waals surface area contributed by atoms with Crippen molar-refractivity contribution in [2.45, 2.75) is 129 Å². The molecular weight excluding hydrogens is 396 g/mol. The number of benzene rings is 1. The predicted molar refractivity (Wildman–Crippen MR) is 137 cm³/mol. The Hall–Kier alpha value is -1.71. The summed E-state index contributed by atoms with van der Waals surface area (Å²) in [7, 11) is 0. The Labute approximate surface area is 198 Å². The summed E-state index contributed by atoms with van der Waals surface area (Å²) in [5.41, 5.74) is 6.52. The van der Waals surface area contributed by atoms with Crippen LogP contribution in [0.15, 0.2) is 24.3 Å². The molecule has 0 saturated carbocycles. The van der Waals surface area contributed by atoms with Crippen LogP contribution in [0.25, 0.3) is 0 Å². The molecule has 2 amide bonds. The maximum atomic E-state index is 11.7. The van der Waals surface area contributed by atoms with Crippen LogP contribution in [0.5, 0.6) is 5.75 Å². The Kier molecular flexibility index (Phi) is 17.6. The van der Waals surface area contributed by atoms with Crippen molar-refractivity contribution in [2.75, 3.05) is 6.54 Å². The Morgan fingerprint density at radius 1 is 0.688 bits per heavy atom. The van der Waals surface area contributed by atoms with E-state index in [-0.39, 0.29) is 11.8 Å². The molecule has 1 rings (SSSR count). The van der Waals surface area contributed by atoms with Gasteiger partial charge in [0.25, 0.3) is 0 Å². The highest BCUT2D eigenvalue weighted by molar-refractivity contribution is 5.72. The standard InChI is InChI=1S/C28H50N2O2/c1-2-3-4-5-6-7-8-9-10-11-12-13-14-15-16-17-18-19-24-30(28(29)32)25-26-20-22-27(31)23-21-26/h20-23,31H,2-19,24-25H2,1H3,(H2,29,32). The van der Waals surface area contributed by atoms with Gasteiger partial charge in [-0.15, -0.1) is 0 Å². The number of carbonyl (C=O) groups is 1. The molecule has 0 aliphatic carbocycles. The van der Waals surface area contributed by atoms with Gasteiger partial charge in [-0.25, -0.2) is 4.79 Å². The molecule has 1 aromatic carbocycles. The summed E-state index contributed by atoms with van der Waals surface area (Å²) in [5.74, 6) is 0.239. The van der Waals surface area contributed by atoms with Crippen LogP contribution in [0.2, 0.25) is 0 Å². The van der Waals surface area contributed by atoms with Crippen LogP contribution in [-0.2, 0) is 6.54 Å². The minimum absolute atomic E-state index is 0.239. The summed E-state index contributed by atoms with van der Waals surface area (Å²) in [4.78, 5) is 13.4. The van der Waals surface area contributed by atoms with E-state index in [1.54, 1.807) is 17.0 Å². The fourth-order valence-corrected chi connectivity index (χ4v) is 4.29. The first-order chi connectivity index (χ1) is 15.6. The van der Waals surface area contributed by atoms with Crippen molar-refractivity contribution in [1.29, 1.82) is 0 Å². The van der Waals surface area contributed by atoms with Gasteiger partial charge in [0.05, 0.1) is 0 Å². The average Bonchev–Trinajstić information content (AvgIpc) is 2.78. The van der Waals surface area contributed by atoms with Crippen molar-refractivity contribution in [1.82, 2.24) is 4.90 Å². The first kappa shape index (κ1) is 28.3. The van der Waals surface area contributed by atoms with Gasteiger partial charge in [-0.3, -0.25) is 0 Å². The molecule has 0 aliphatic rings.